The van der Waals surface area contributed by atoms with Crippen LogP contribution in [0.4, 0.5) is 0 Å². The summed E-state index contributed by atoms with van der Waals surface area (Å²) in [7, 11) is 0. The van der Waals surface area contributed by atoms with Crippen LogP contribution in [0.25, 0.3) is 0 Å². The van der Waals surface area contributed by atoms with Gasteiger partial charge in [0.1, 0.15) is 0 Å². The molecule has 0 N–H and O–H groups in total. The fraction of sp³-hybridized carbons (Fsp3) is 0.966. The monoisotopic (exact) mass is 444 g/mol. The molecule has 4 saturated carbocycles. The second-order valence-electron chi connectivity index (χ2n) is 12.9. The number of rotatable bonds is 5. The number of carbonyl (C=O) groups is 1. The molecule has 3 nitrogen and oxygen atoms in total. The number of esters is 1. The summed E-state index contributed by atoms with van der Waals surface area (Å²) in [5.74, 6) is 5.24. The van der Waals surface area contributed by atoms with Gasteiger partial charge in [-0.05, 0) is 117 Å². The third-order valence-corrected chi connectivity index (χ3v) is 11.5. The van der Waals surface area contributed by atoms with Gasteiger partial charge in [0, 0.05) is 12.8 Å². The lowest BCUT2D eigenvalue weighted by molar-refractivity contribution is -0.187. The van der Waals surface area contributed by atoms with Crippen molar-refractivity contribution in [2.45, 2.75) is 123 Å². The van der Waals surface area contributed by atoms with Crippen LogP contribution in [-0.4, -0.2) is 18.9 Å². The summed E-state index contributed by atoms with van der Waals surface area (Å²) >= 11 is 0. The van der Waals surface area contributed by atoms with Crippen LogP contribution in [0.1, 0.15) is 117 Å². The molecule has 32 heavy (non-hydrogen) atoms. The van der Waals surface area contributed by atoms with Crippen molar-refractivity contribution in [1.82, 2.24) is 0 Å². The first kappa shape index (κ1) is 23.2. The highest BCUT2D eigenvalue weighted by molar-refractivity contribution is 5.69. The number of hydrogen-bond acceptors (Lipinski definition) is 3. The van der Waals surface area contributed by atoms with Gasteiger partial charge in [-0.15, -0.1) is 0 Å². The van der Waals surface area contributed by atoms with Gasteiger partial charge in [-0.3, -0.25) is 4.79 Å². The van der Waals surface area contributed by atoms with Gasteiger partial charge in [-0.25, -0.2) is 0 Å². The number of hydrogen-bond donors (Lipinski definition) is 0. The van der Waals surface area contributed by atoms with Crippen molar-refractivity contribution in [2.24, 2.45) is 46.3 Å². The quantitative estimate of drug-likeness (QED) is 0.411. The van der Waals surface area contributed by atoms with Crippen LogP contribution in [0, 0.1) is 46.3 Å². The van der Waals surface area contributed by atoms with Crippen molar-refractivity contribution < 1.29 is 14.3 Å². The molecular formula is C29H48O3. The summed E-state index contributed by atoms with van der Waals surface area (Å²) < 4.78 is 11.2. The maximum Gasteiger partial charge on any atom is 0.308 e. The molecule has 0 bridgehead atoms. The number of fused-ring (bicyclic) bond motifs is 5. The van der Waals surface area contributed by atoms with Gasteiger partial charge in [0.15, 0.2) is 0 Å². The minimum absolute atomic E-state index is 0.0456. The van der Waals surface area contributed by atoms with E-state index in [2.05, 4.69) is 20.8 Å². The van der Waals surface area contributed by atoms with E-state index in [4.69, 9.17) is 9.47 Å². The van der Waals surface area contributed by atoms with Gasteiger partial charge in [-0.1, -0.05) is 33.6 Å². The fourth-order valence-electron chi connectivity index (χ4n) is 9.83. The van der Waals surface area contributed by atoms with Crippen LogP contribution in [-0.2, 0) is 14.3 Å². The maximum atomic E-state index is 12.4. The van der Waals surface area contributed by atoms with Crippen molar-refractivity contribution >= 4 is 5.97 Å². The molecule has 182 valence electrons. The Bertz CT molecular complexity index is 669. The minimum Gasteiger partial charge on any atom is -0.436 e. The highest BCUT2D eigenvalue weighted by atomic mass is 16.7. The van der Waals surface area contributed by atoms with Crippen LogP contribution in [0.2, 0.25) is 0 Å². The molecular weight excluding hydrogens is 396 g/mol. The molecule has 1 aliphatic heterocycles. The molecule has 4 aliphatic carbocycles. The third kappa shape index (κ3) is 4.07. The van der Waals surface area contributed by atoms with E-state index < -0.39 is 0 Å². The van der Waals surface area contributed by atoms with Crippen molar-refractivity contribution in [2.75, 3.05) is 6.61 Å². The van der Waals surface area contributed by atoms with Gasteiger partial charge in [0.05, 0.1) is 6.61 Å². The molecule has 2 unspecified atom stereocenters. The van der Waals surface area contributed by atoms with Crippen LogP contribution >= 0.6 is 0 Å². The molecule has 3 heteroatoms. The van der Waals surface area contributed by atoms with Gasteiger partial charge in [0.2, 0.25) is 6.29 Å². The van der Waals surface area contributed by atoms with E-state index in [-0.39, 0.29) is 12.3 Å². The molecule has 0 radical (unpaired) electrons. The zero-order valence-electron chi connectivity index (χ0n) is 21.1. The Hall–Kier alpha value is -0.570. The third-order valence-electron chi connectivity index (χ3n) is 11.5. The standard InChI is InChI=1S/C29H48O3/c1-20(10-15-26(30)32-27-9-5-7-19-31-27)23-13-14-24-22-12-11-21-8-4-6-17-28(21,2)25(22)16-18-29(23,24)3/h20-25,27H,4-19H2,1-3H3/t20-,21?,22+,23-,24+,25+,27?,28+,29-/m1/s1. The van der Waals surface area contributed by atoms with E-state index in [1.165, 1.54) is 64.2 Å². The summed E-state index contributed by atoms with van der Waals surface area (Å²) in [6.45, 7) is 8.49. The van der Waals surface area contributed by atoms with Crippen LogP contribution < -0.4 is 0 Å². The summed E-state index contributed by atoms with van der Waals surface area (Å²) in [5, 5.41) is 0. The molecule has 0 amide bonds. The smallest absolute Gasteiger partial charge is 0.308 e. The molecule has 0 aromatic carbocycles. The first-order valence-corrected chi connectivity index (χ1v) is 14.2. The number of carbonyl (C=O) groups excluding carboxylic acids is 1. The second kappa shape index (κ2) is 9.23. The van der Waals surface area contributed by atoms with Gasteiger partial charge < -0.3 is 9.47 Å². The summed E-state index contributed by atoms with van der Waals surface area (Å²) in [6.07, 6.45) is 19.0. The van der Waals surface area contributed by atoms with E-state index in [0.29, 0.717) is 23.2 Å². The van der Waals surface area contributed by atoms with Crippen LogP contribution in [0.5, 0.6) is 0 Å². The lowest BCUT2D eigenvalue weighted by atomic mass is 9.44. The van der Waals surface area contributed by atoms with E-state index >= 15 is 0 Å². The van der Waals surface area contributed by atoms with Gasteiger partial charge in [-0.2, -0.15) is 0 Å². The Morgan fingerprint density at radius 3 is 2.53 bits per heavy atom. The number of ether oxygens (including phenoxy) is 2. The second-order valence-corrected chi connectivity index (χ2v) is 12.9. The lowest BCUT2D eigenvalue weighted by Gasteiger charge is -2.61. The Kier molecular flexibility index (Phi) is 6.69. The first-order valence-electron chi connectivity index (χ1n) is 14.2. The zero-order valence-corrected chi connectivity index (χ0v) is 21.1. The first-order chi connectivity index (χ1) is 15.4. The van der Waals surface area contributed by atoms with E-state index in [1.807, 2.05) is 0 Å². The summed E-state index contributed by atoms with van der Waals surface area (Å²) in [5.41, 5.74) is 1.13. The molecule has 0 spiro atoms. The Balaban J connectivity index is 1.19. The minimum atomic E-state index is -0.286. The van der Waals surface area contributed by atoms with E-state index in [0.717, 1.165) is 61.9 Å². The largest absolute Gasteiger partial charge is 0.436 e. The van der Waals surface area contributed by atoms with Crippen LogP contribution in [0.15, 0.2) is 0 Å². The maximum absolute atomic E-state index is 12.4. The molecule has 5 rings (SSSR count). The Morgan fingerprint density at radius 2 is 1.72 bits per heavy atom. The molecule has 1 saturated heterocycles. The fourth-order valence-corrected chi connectivity index (χ4v) is 9.83. The summed E-state index contributed by atoms with van der Waals surface area (Å²) in [4.78, 5) is 12.4. The highest BCUT2D eigenvalue weighted by Crippen LogP contribution is 2.68. The van der Waals surface area contributed by atoms with Crippen molar-refractivity contribution in [1.29, 1.82) is 0 Å². The van der Waals surface area contributed by atoms with Gasteiger partial charge in [0.25, 0.3) is 0 Å². The predicted octanol–water partition coefficient (Wildman–Crippen LogP) is 7.52. The molecule has 0 aromatic heterocycles. The van der Waals surface area contributed by atoms with E-state index in [1.54, 1.807) is 0 Å². The molecule has 9 atom stereocenters. The Labute approximate surface area is 196 Å². The zero-order chi connectivity index (χ0) is 22.3. The van der Waals surface area contributed by atoms with Crippen LogP contribution in [0.3, 0.4) is 0 Å². The normalized spacial score (nSPS) is 47.1. The molecule has 5 fully saturated rings. The predicted molar refractivity (Wildman–Crippen MR) is 128 cm³/mol. The van der Waals surface area contributed by atoms with Crippen molar-refractivity contribution in [3.63, 3.8) is 0 Å². The molecule has 5 aliphatic rings. The molecule has 0 aromatic rings. The average molecular weight is 445 g/mol. The lowest BCUT2D eigenvalue weighted by Crippen LogP contribution is -2.53. The highest BCUT2D eigenvalue weighted by Gasteiger charge is 2.60. The SMILES string of the molecule is C[C@H](CCC(=O)OC1CCCCO1)[C@H]1CC[C@H]2[C@@H]3CCC4CCCC[C@]4(C)[C@H]3CC[C@]12C. The van der Waals surface area contributed by atoms with Crippen molar-refractivity contribution in [3.8, 4) is 0 Å². The van der Waals surface area contributed by atoms with E-state index in [9.17, 15) is 4.79 Å². The van der Waals surface area contributed by atoms with Gasteiger partial charge >= 0.3 is 5.97 Å². The Morgan fingerprint density at radius 1 is 0.906 bits per heavy atom. The topological polar surface area (TPSA) is 35.5 Å². The molecule has 1 heterocycles. The summed E-state index contributed by atoms with van der Waals surface area (Å²) in [6, 6.07) is 0. The average Bonchev–Trinajstić information content (AvgIpc) is 3.15. The van der Waals surface area contributed by atoms with Crippen molar-refractivity contribution in [3.05, 3.63) is 0 Å².